The second-order valence-electron chi connectivity index (χ2n) is 5.05. The molecular weight excluding hydrogens is 262 g/mol. The zero-order chi connectivity index (χ0) is 13.9. The fourth-order valence-electron chi connectivity index (χ4n) is 2.57. The predicted molar refractivity (Wildman–Crippen MR) is 76.8 cm³/mol. The van der Waals surface area contributed by atoms with Gasteiger partial charge in [-0.3, -0.25) is 4.18 Å². The van der Waals surface area contributed by atoms with Gasteiger partial charge in [-0.2, -0.15) is 8.42 Å². The average Bonchev–Trinajstić information content (AvgIpc) is 2.38. The fraction of sp³-hybridized carbons (Fsp3) is 0.571. The van der Waals surface area contributed by atoms with Gasteiger partial charge in [-0.15, -0.1) is 0 Å². The van der Waals surface area contributed by atoms with Crippen molar-refractivity contribution in [3.63, 3.8) is 0 Å². The summed E-state index contributed by atoms with van der Waals surface area (Å²) in [5, 5.41) is 0. The van der Waals surface area contributed by atoms with E-state index in [-0.39, 0.29) is 0 Å². The van der Waals surface area contributed by atoms with Crippen LogP contribution in [0.2, 0.25) is 0 Å². The van der Waals surface area contributed by atoms with E-state index in [2.05, 4.69) is 4.90 Å². The molecule has 0 N–H and O–H groups in total. The van der Waals surface area contributed by atoms with Gasteiger partial charge in [0.1, 0.15) is 6.10 Å². The molecule has 0 amide bonds. The highest BCUT2D eigenvalue weighted by Crippen LogP contribution is 2.30. The van der Waals surface area contributed by atoms with Gasteiger partial charge in [0.15, 0.2) is 0 Å². The third kappa shape index (κ3) is 3.94. The van der Waals surface area contributed by atoms with Crippen LogP contribution < -0.4 is 4.90 Å². The lowest BCUT2D eigenvalue weighted by atomic mass is 10.0. The van der Waals surface area contributed by atoms with Crippen molar-refractivity contribution in [2.45, 2.75) is 32.3 Å². The van der Waals surface area contributed by atoms with Crippen molar-refractivity contribution in [1.82, 2.24) is 0 Å². The van der Waals surface area contributed by atoms with Crippen molar-refractivity contribution >= 4 is 15.8 Å². The maximum absolute atomic E-state index is 11.3. The Morgan fingerprint density at radius 2 is 1.79 bits per heavy atom. The van der Waals surface area contributed by atoms with Crippen LogP contribution in [0.25, 0.3) is 0 Å². The van der Waals surface area contributed by atoms with Crippen molar-refractivity contribution in [3.05, 3.63) is 29.8 Å². The van der Waals surface area contributed by atoms with E-state index in [4.69, 9.17) is 4.18 Å². The number of para-hydroxylation sites is 1. The van der Waals surface area contributed by atoms with Crippen molar-refractivity contribution in [2.75, 3.05) is 24.2 Å². The normalized spacial score (nSPS) is 18.3. The molecule has 0 bridgehead atoms. The molecule has 1 aliphatic heterocycles. The molecule has 1 unspecified atom stereocenters. The number of nitrogens with zero attached hydrogens (tertiary/aromatic N) is 1. The molecule has 1 heterocycles. The number of piperidine rings is 1. The highest BCUT2D eigenvalue weighted by molar-refractivity contribution is 7.86. The Labute approximate surface area is 115 Å². The van der Waals surface area contributed by atoms with E-state index in [0.29, 0.717) is 0 Å². The molecule has 0 aromatic heterocycles. The zero-order valence-corrected chi connectivity index (χ0v) is 12.3. The summed E-state index contributed by atoms with van der Waals surface area (Å²) < 4.78 is 27.6. The van der Waals surface area contributed by atoms with Crippen LogP contribution in [0.5, 0.6) is 0 Å². The maximum Gasteiger partial charge on any atom is 0.264 e. The molecule has 19 heavy (non-hydrogen) atoms. The molecule has 1 aromatic rings. The van der Waals surface area contributed by atoms with Gasteiger partial charge in [0.2, 0.25) is 0 Å². The standard InChI is InChI=1S/C14H21NO3S/c1-12(18-19(2,16)17)13-8-4-5-9-14(13)15-10-6-3-7-11-15/h4-5,8-9,12H,3,6-7,10-11H2,1-2H3. The van der Waals surface area contributed by atoms with Gasteiger partial charge < -0.3 is 4.90 Å². The molecule has 1 fully saturated rings. The molecule has 2 rings (SSSR count). The third-order valence-electron chi connectivity index (χ3n) is 3.39. The molecular formula is C14H21NO3S. The Kier molecular flexibility index (Phi) is 4.47. The minimum absolute atomic E-state index is 0.451. The van der Waals surface area contributed by atoms with E-state index >= 15 is 0 Å². The first-order chi connectivity index (χ1) is 8.97. The SMILES string of the molecule is CC(OS(C)(=O)=O)c1ccccc1N1CCCCC1. The first-order valence-electron chi connectivity index (χ1n) is 6.69. The van der Waals surface area contributed by atoms with Gasteiger partial charge >= 0.3 is 0 Å². The number of hydrogen-bond donors (Lipinski definition) is 0. The maximum atomic E-state index is 11.3. The molecule has 106 valence electrons. The lowest BCUT2D eigenvalue weighted by molar-refractivity contribution is 0.237. The Morgan fingerprint density at radius 3 is 2.42 bits per heavy atom. The van der Waals surface area contributed by atoms with E-state index in [1.165, 1.54) is 19.3 Å². The van der Waals surface area contributed by atoms with Crippen LogP contribution in [0.15, 0.2) is 24.3 Å². The summed E-state index contributed by atoms with van der Waals surface area (Å²) >= 11 is 0. The molecule has 0 radical (unpaired) electrons. The monoisotopic (exact) mass is 283 g/mol. The van der Waals surface area contributed by atoms with Crippen LogP contribution in [0.4, 0.5) is 5.69 Å². The predicted octanol–water partition coefficient (Wildman–Crippen LogP) is 2.71. The Bertz CT molecular complexity index is 521. The van der Waals surface area contributed by atoms with Crippen LogP contribution >= 0.6 is 0 Å². The largest absolute Gasteiger partial charge is 0.371 e. The Morgan fingerprint density at radius 1 is 1.16 bits per heavy atom. The summed E-state index contributed by atoms with van der Waals surface area (Å²) in [5.41, 5.74) is 2.04. The van der Waals surface area contributed by atoms with Gasteiger partial charge in [-0.05, 0) is 32.3 Å². The average molecular weight is 283 g/mol. The number of rotatable bonds is 4. The molecule has 5 heteroatoms. The van der Waals surface area contributed by atoms with Crippen molar-refractivity contribution in [2.24, 2.45) is 0 Å². The summed E-state index contributed by atoms with van der Waals surface area (Å²) in [6.07, 6.45) is 4.29. The van der Waals surface area contributed by atoms with Crippen molar-refractivity contribution in [1.29, 1.82) is 0 Å². The highest BCUT2D eigenvalue weighted by Gasteiger charge is 2.20. The van der Waals surface area contributed by atoms with Gasteiger partial charge in [-0.1, -0.05) is 18.2 Å². The van der Waals surface area contributed by atoms with Gasteiger partial charge in [0, 0.05) is 24.3 Å². The minimum Gasteiger partial charge on any atom is -0.371 e. The molecule has 0 aliphatic carbocycles. The van der Waals surface area contributed by atoms with Crippen LogP contribution in [-0.4, -0.2) is 27.8 Å². The minimum atomic E-state index is -3.44. The van der Waals surface area contributed by atoms with E-state index < -0.39 is 16.2 Å². The number of benzene rings is 1. The molecule has 1 aromatic carbocycles. The molecule has 0 saturated carbocycles. The quantitative estimate of drug-likeness (QED) is 0.797. The Hall–Kier alpha value is -1.07. The first kappa shape index (κ1) is 14.3. The number of anilines is 1. The molecule has 1 aliphatic rings. The van der Waals surface area contributed by atoms with Gasteiger partial charge in [0.25, 0.3) is 10.1 Å². The second-order valence-corrected chi connectivity index (χ2v) is 6.65. The molecule has 0 spiro atoms. The summed E-state index contributed by atoms with van der Waals surface area (Å²) in [7, 11) is -3.44. The zero-order valence-electron chi connectivity index (χ0n) is 11.5. The third-order valence-corrected chi connectivity index (χ3v) is 4.03. The number of hydrogen-bond acceptors (Lipinski definition) is 4. The summed E-state index contributed by atoms with van der Waals surface area (Å²) in [6.45, 7) is 3.84. The smallest absolute Gasteiger partial charge is 0.264 e. The van der Waals surface area contributed by atoms with Crippen LogP contribution in [0.1, 0.15) is 37.9 Å². The van der Waals surface area contributed by atoms with Crippen LogP contribution in [-0.2, 0) is 14.3 Å². The van der Waals surface area contributed by atoms with Crippen molar-refractivity contribution in [3.8, 4) is 0 Å². The van der Waals surface area contributed by atoms with Crippen LogP contribution in [0, 0.1) is 0 Å². The lowest BCUT2D eigenvalue weighted by Crippen LogP contribution is -2.30. The van der Waals surface area contributed by atoms with E-state index in [1.54, 1.807) is 6.92 Å². The summed E-state index contributed by atoms with van der Waals surface area (Å²) in [4.78, 5) is 2.32. The second kappa shape index (κ2) is 5.92. The van der Waals surface area contributed by atoms with Crippen LogP contribution in [0.3, 0.4) is 0 Å². The molecule has 4 nitrogen and oxygen atoms in total. The topological polar surface area (TPSA) is 46.6 Å². The summed E-state index contributed by atoms with van der Waals surface area (Å²) in [5.74, 6) is 0. The molecule has 1 saturated heterocycles. The van der Waals surface area contributed by atoms with Crippen molar-refractivity contribution < 1.29 is 12.6 Å². The fourth-order valence-corrected chi connectivity index (χ4v) is 3.20. The van der Waals surface area contributed by atoms with Gasteiger partial charge in [-0.25, -0.2) is 0 Å². The molecule has 1 atom stereocenters. The first-order valence-corrected chi connectivity index (χ1v) is 8.51. The van der Waals surface area contributed by atoms with E-state index in [0.717, 1.165) is 30.6 Å². The highest BCUT2D eigenvalue weighted by atomic mass is 32.2. The van der Waals surface area contributed by atoms with E-state index in [1.807, 2.05) is 24.3 Å². The van der Waals surface area contributed by atoms with E-state index in [9.17, 15) is 8.42 Å². The summed E-state index contributed by atoms with van der Waals surface area (Å²) in [6, 6.07) is 7.90. The Balaban J connectivity index is 2.24. The lowest BCUT2D eigenvalue weighted by Gasteiger charge is -2.31. The van der Waals surface area contributed by atoms with Gasteiger partial charge in [0.05, 0.1) is 6.26 Å².